The molecule has 2 saturated carbocycles. The fourth-order valence-corrected chi connectivity index (χ4v) is 3.92. The van der Waals surface area contributed by atoms with E-state index in [1.54, 1.807) is 0 Å². The lowest BCUT2D eigenvalue weighted by molar-refractivity contribution is 0.251. The number of nitrogens with two attached hydrogens (primary N) is 1. The molecule has 0 aliphatic heterocycles. The Morgan fingerprint density at radius 1 is 0.706 bits per heavy atom. The minimum absolute atomic E-state index is 0.510. The van der Waals surface area contributed by atoms with E-state index in [-0.39, 0.29) is 0 Å². The first-order valence-corrected chi connectivity index (χ1v) is 8.12. The van der Waals surface area contributed by atoms with E-state index >= 15 is 0 Å². The Balaban J connectivity index is 1.74. The Hall–Kier alpha value is -0.0400. The molecular formula is C16H31N. The summed E-state index contributed by atoms with van der Waals surface area (Å²) in [5.41, 5.74) is 6.50. The van der Waals surface area contributed by atoms with Crippen LogP contribution in [0.4, 0.5) is 0 Å². The van der Waals surface area contributed by atoms with Crippen LogP contribution in [0.25, 0.3) is 0 Å². The predicted molar refractivity (Wildman–Crippen MR) is 75.0 cm³/mol. The minimum atomic E-state index is 0.510. The summed E-state index contributed by atoms with van der Waals surface area (Å²) in [5.74, 6) is 1.81. The van der Waals surface area contributed by atoms with Crippen LogP contribution in [-0.4, -0.2) is 6.04 Å². The number of hydrogen-bond donors (Lipinski definition) is 1. The van der Waals surface area contributed by atoms with Crippen molar-refractivity contribution < 1.29 is 0 Å². The molecule has 100 valence electrons. The first-order chi connectivity index (χ1) is 8.36. The zero-order chi connectivity index (χ0) is 11.9. The standard InChI is InChI=1S/C16H31N/c17-16(13-14-9-5-4-6-10-14)15-11-7-2-1-3-8-12-15/h14-16H,1-13,17H2. The van der Waals surface area contributed by atoms with Crippen molar-refractivity contribution in [2.45, 2.75) is 89.5 Å². The van der Waals surface area contributed by atoms with E-state index in [2.05, 4.69) is 0 Å². The second-order valence-electron chi connectivity index (χ2n) is 6.51. The summed E-state index contributed by atoms with van der Waals surface area (Å²) in [6.07, 6.45) is 18.7. The molecular weight excluding hydrogens is 206 g/mol. The summed E-state index contributed by atoms with van der Waals surface area (Å²) in [6.45, 7) is 0. The van der Waals surface area contributed by atoms with Gasteiger partial charge in [0.2, 0.25) is 0 Å². The molecule has 0 saturated heterocycles. The maximum atomic E-state index is 6.50. The molecule has 0 heterocycles. The second kappa shape index (κ2) is 7.41. The van der Waals surface area contributed by atoms with E-state index in [9.17, 15) is 0 Å². The van der Waals surface area contributed by atoms with Crippen molar-refractivity contribution in [3.8, 4) is 0 Å². The molecule has 0 amide bonds. The quantitative estimate of drug-likeness (QED) is 0.760. The average Bonchev–Trinajstić information content (AvgIpc) is 2.29. The Labute approximate surface area is 108 Å². The van der Waals surface area contributed by atoms with Gasteiger partial charge in [0, 0.05) is 6.04 Å². The molecule has 0 aromatic carbocycles. The topological polar surface area (TPSA) is 26.0 Å². The van der Waals surface area contributed by atoms with Crippen LogP contribution in [0.1, 0.15) is 83.5 Å². The molecule has 2 N–H and O–H groups in total. The van der Waals surface area contributed by atoms with Crippen molar-refractivity contribution in [3.05, 3.63) is 0 Å². The van der Waals surface area contributed by atoms with Gasteiger partial charge in [-0.1, -0.05) is 64.2 Å². The molecule has 2 rings (SSSR count). The summed E-state index contributed by atoms with van der Waals surface area (Å²) >= 11 is 0. The largest absolute Gasteiger partial charge is 0.327 e. The van der Waals surface area contributed by atoms with Crippen molar-refractivity contribution in [1.82, 2.24) is 0 Å². The lowest BCUT2D eigenvalue weighted by Crippen LogP contribution is -2.33. The predicted octanol–water partition coefficient (Wildman–Crippen LogP) is 4.64. The van der Waals surface area contributed by atoms with Crippen LogP contribution in [0.5, 0.6) is 0 Å². The molecule has 17 heavy (non-hydrogen) atoms. The van der Waals surface area contributed by atoms with E-state index in [4.69, 9.17) is 5.73 Å². The van der Waals surface area contributed by atoms with Gasteiger partial charge >= 0.3 is 0 Å². The Morgan fingerprint density at radius 3 is 1.82 bits per heavy atom. The van der Waals surface area contributed by atoms with Gasteiger partial charge in [0.1, 0.15) is 0 Å². The third-order valence-corrected chi connectivity index (χ3v) is 5.09. The van der Waals surface area contributed by atoms with Gasteiger partial charge < -0.3 is 5.73 Å². The summed E-state index contributed by atoms with van der Waals surface area (Å²) < 4.78 is 0. The van der Waals surface area contributed by atoms with Crippen LogP contribution < -0.4 is 5.73 Å². The summed E-state index contributed by atoms with van der Waals surface area (Å²) in [7, 11) is 0. The molecule has 1 nitrogen and oxygen atoms in total. The van der Waals surface area contributed by atoms with Crippen LogP contribution in [-0.2, 0) is 0 Å². The summed E-state index contributed by atoms with van der Waals surface area (Å²) in [5, 5.41) is 0. The molecule has 0 aromatic heterocycles. The molecule has 1 atom stereocenters. The van der Waals surface area contributed by atoms with Crippen molar-refractivity contribution in [2.75, 3.05) is 0 Å². The molecule has 0 spiro atoms. The molecule has 0 radical (unpaired) electrons. The highest BCUT2D eigenvalue weighted by molar-refractivity contribution is 4.79. The first-order valence-electron chi connectivity index (χ1n) is 8.12. The van der Waals surface area contributed by atoms with Crippen molar-refractivity contribution in [2.24, 2.45) is 17.6 Å². The smallest absolute Gasteiger partial charge is 0.00697 e. The average molecular weight is 237 g/mol. The van der Waals surface area contributed by atoms with E-state index in [0.29, 0.717) is 6.04 Å². The molecule has 0 aromatic rings. The highest BCUT2D eigenvalue weighted by atomic mass is 14.7. The fraction of sp³-hybridized carbons (Fsp3) is 1.00. The van der Waals surface area contributed by atoms with Crippen LogP contribution >= 0.6 is 0 Å². The number of hydrogen-bond acceptors (Lipinski definition) is 1. The van der Waals surface area contributed by atoms with Gasteiger partial charge in [0.05, 0.1) is 0 Å². The highest BCUT2D eigenvalue weighted by Crippen LogP contribution is 2.31. The van der Waals surface area contributed by atoms with Gasteiger partial charge in [0.25, 0.3) is 0 Å². The van der Waals surface area contributed by atoms with Crippen molar-refractivity contribution in [1.29, 1.82) is 0 Å². The van der Waals surface area contributed by atoms with E-state index in [1.807, 2.05) is 0 Å². The second-order valence-corrected chi connectivity index (χ2v) is 6.51. The van der Waals surface area contributed by atoms with Crippen LogP contribution in [0.2, 0.25) is 0 Å². The van der Waals surface area contributed by atoms with Crippen LogP contribution in [0.15, 0.2) is 0 Å². The molecule has 2 aliphatic carbocycles. The maximum absolute atomic E-state index is 6.50. The molecule has 2 aliphatic rings. The SMILES string of the molecule is NC(CC1CCCCC1)C1CCCCCCC1. The molecule has 1 heteroatoms. The van der Waals surface area contributed by atoms with E-state index in [1.165, 1.54) is 83.5 Å². The Morgan fingerprint density at radius 2 is 1.18 bits per heavy atom. The van der Waals surface area contributed by atoms with Crippen molar-refractivity contribution >= 4 is 0 Å². The minimum Gasteiger partial charge on any atom is -0.327 e. The van der Waals surface area contributed by atoms with E-state index < -0.39 is 0 Å². The summed E-state index contributed by atoms with van der Waals surface area (Å²) in [4.78, 5) is 0. The van der Waals surface area contributed by atoms with Crippen LogP contribution in [0.3, 0.4) is 0 Å². The van der Waals surface area contributed by atoms with Gasteiger partial charge in [-0.25, -0.2) is 0 Å². The number of rotatable bonds is 3. The lowest BCUT2D eigenvalue weighted by atomic mass is 9.78. The van der Waals surface area contributed by atoms with Crippen LogP contribution in [0, 0.1) is 11.8 Å². The van der Waals surface area contributed by atoms with E-state index in [0.717, 1.165) is 11.8 Å². The lowest BCUT2D eigenvalue weighted by Gasteiger charge is -2.30. The zero-order valence-corrected chi connectivity index (χ0v) is 11.5. The Kier molecular flexibility index (Phi) is 5.84. The molecule has 1 unspecified atom stereocenters. The van der Waals surface area contributed by atoms with Gasteiger partial charge in [-0.3, -0.25) is 0 Å². The third kappa shape index (κ3) is 4.62. The first kappa shape index (κ1) is 13.4. The third-order valence-electron chi connectivity index (χ3n) is 5.09. The zero-order valence-electron chi connectivity index (χ0n) is 11.5. The highest BCUT2D eigenvalue weighted by Gasteiger charge is 2.23. The molecule has 0 bridgehead atoms. The maximum Gasteiger partial charge on any atom is 0.00697 e. The molecule has 2 fully saturated rings. The van der Waals surface area contributed by atoms with Gasteiger partial charge in [-0.15, -0.1) is 0 Å². The monoisotopic (exact) mass is 237 g/mol. The normalized spacial score (nSPS) is 27.4. The van der Waals surface area contributed by atoms with Crippen molar-refractivity contribution in [3.63, 3.8) is 0 Å². The Bertz CT molecular complexity index is 188. The van der Waals surface area contributed by atoms with Gasteiger partial charge in [-0.05, 0) is 31.1 Å². The van der Waals surface area contributed by atoms with Gasteiger partial charge in [-0.2, -0.15) is 0 Å². The fourth-order valence-electron chi connectivity index (χ4n) is 3.92. The van der Waals surface area contributed by atoms with Gasteiger partial charge in [0.15, 0.2) is 0 Å². The summed E-state index contributed by atoms with van der Waals surface area (Å²) in [6, 6.07) is 0.510.